The lowest BCUT2D eigenvalue weighted by Crippen LogP contribution is -2.75. The second kappa shape index (κ2) is 12.2. The molecule has 0 amide bonds. The molecule has 1 rings (SSSR count). The summed E-state index contributed by atoms with van der Waals surface area (Å²) in [5.41, 5.74) is 0. The maximum atomic E-state index is 14.5. The normalized spacial score (nSPS) is 19.0. The Morgan fingerprint density at radius 1 is 0.628 bits per heavy atom. The third-order valence-corrected chi connectivity index (χ3v) is 11.9. The Morgan fingerprint density at radius 2 is 1.02 bits per heavy atom. The van der Waals surface area contributed by atoms with Gasteiger partial charge >= 0.3 is 57.1 Å². The molecule has 0 aromatic rings. The van der Waals surface area contributed by atoms with Crippen LogP contribution in [0.3, 0.4) is 0 Å². The molecule has 0 aromatic carbocycles. The van der Waals surface area contributed by atoms with Gasteiger partial charge in [0.15, 0.2) is 0 Å². The van der Waals surface area contributed by atoms with Crippen molar-refractivity contribution >= 4 is 26.2 Å². The van der Waals surface area contributed by atoms with E-state index in [9.17, 15) is 87.8 Å². The molecule has 1 aliphatic rings. The van der Waals surface area contributed by atoms with Crippen molar-refractivity contribution < 1.29 is 91.5 Å². The van der Waals surface area contributed by atoms with Crippen molar-refractivity contribution in [3.63, 3.8) is 0 Å². The van der Waals surface area contributed by atoms with Gasteiger partial charge in [-0.25, -0.2) is 3.63 Å². The van der Waals surface area contributed by atoms with Crippen LogP contribution in [0.5, 0.6) is 0 Å². The third kappa shape index (κ3) is 6.53. The lowest BCUT2D eigenvalue weighted by Gasteiger charge is -2.43. The topological polar surface area (TPSA) is 60.4 Å². The molecule has 1 saturated heterocycles. The molecule has 0 radical (unpaired) electrons. The first-order chi connectivity index (χ1) is 18.9. The zero-order valence-electron chi connectivity index (χ0n) is 21.4. The first-order valence-electron chi connectivity index (χ1n) is 11.8. The third-order valence-electron chi connectivity index (χ3n) is 6.26. The molecule has 0 aliphatic carbocycles. The second-order valence-electron chi connectivity index (χ2n) is 9.56. The molecule has 1 heterocycles. The van der Waals surface area contributed by atoms with Gasteiger partial charge in [-0.1, -0.05) is 26.2 Å². The summed E-state index contributed by atoms with van der Waals surface area (Å²) in [4.78, 5) is 12.2. The largest absolute Gasteiger partial charge is 0.460 e. The molecule has 23 heteroatoms. The molecule has 0 unspecified atom stereocenters. The summed E-state index contributed by atoms with van der Waals surface area (Å²) in [5, 5.41) is -7.74. The van der Waals surface area contributed by atoms with Crippen LogP contribution in [0.4, 0.5) is 74.6 Å². The van der Waals surface area contributed by atoms with Gasteiger partial charge in [-0.15, -0.1) is 10.3 Å². The fourth-order valence-electron chi connectivity index (χ4n) is 3.72. The summed E-state index contributed by atoms with van der Waals surface area (Å²) >= 11 is 0. The molecule has 43 heavy (non-hydrogen) atoms. The van der Waals surface area contributed by atoms with E-state index in [-0.39, 0.29) is 25.7 Å². The molecular formula is C20H23F17O4S2. The van der Waals surface area contributed by atoms with Crippen LogP contribution < -0.4 is 0 Å². The van der Waals surface area contributed by atoms with Crippen LogP contribution >= 0.6 is 10.3 Å². The number of alkyl halides is 17. The molecule has 1 fully saturated rings. The van der Waals surface area contributed by atoms with Crippen molar-refractivity contribution in [1.29, 1.82) is 0 Å². The fourth-order valence-corrected chi connectivity index (χ4v) is 9.45. The van der Waals surface area contributed by atoms with Crippen molar-refractivity contribution in [1.82, 2.24) is 0 Å². The number of ketones is 1. The van der Waals surface area contributed by atoms with Crippen molar-refractivity contribution in [2.75, 3.05) is 17.3 Å². The maximum Gasteiger partial charge on any atom is 0.460 e. The number of carbonyl (C=O) groups excluding carboxylic acids is 1. The van der Waals surface area contributed by atoms with Gasteiger partial charge in [-0.3, -0.25) is 4.79 Å². The molecular weight excluding hydrogens is 691 g/mol. The molecule has 0 atom stereocenters. The average molecular weight is 714 g/mol. The summed E-state index contributed by atoms with van der Waals surface area (Å²) in [5.74, 6) is -55.2. The van der Waals surface area contributed by atoms with Gasteiger partial charge in [0.2, 0.25) is 0 Å². The van der Waals surface area contributed by atoms with E-state index in [1.165, 1.54) is 0 Å². The first kappa shape index (κ1) is 39.8. The van der Waals surface area contributed by atoms with E-state index < -0.39 is 90.4 Å². The number of unbranched alkanes of at least 4 members (excludes halogenated alkanes) is 3. The summed E-state index contributed by atoms with van der Waals surface area (Å²) < 4.78 is 258. The molecule has 0 aromatic heterocycles. The number of hydrogen-bond donors (Lipinski definition) is 0. The molecule has 1 aliphatic heterocycles. The Bertz CT molecular complexity index is 1100. The zero-order valence-corrected chi connectivity index (χ0v) is 23.1. The van der Waals surface area contributed by atoms with E-state index in [1.807, 2.05) is 0 Å². The number of halogens is 17. The van der Waals surface area contributed by atoms with Gasteiger partial charge in [-0.05, 0) is 19.3 Å². The van der Waals surface area contributed by atoms with Crippen LogP contribution in [0, 0.1) is 0 Å². The van der Waals surface area contributed by atoms with Gasteiger partial charge in [0.1, 0.15) is 5.78 Å². The van der Waals surface area contributed by atoms with Gasteiger partial charge in [0.25, 0.3) is 0 Å². The van der Waals surface area contributed by atoms with Crippen molar-refractivity contribution in [2.24, 2.45) is 0 Å². The van der Waals surface area contributed by atoms with Crippen molar-refractivity contribution in [3.05, 3.63) is 0 Å². The van der Waals surface area contributed by atoms with Gasteiger partial charge in [-0.2, -0.15) is 83.1 Å². The summed E-state index contributed by atoms with van der Waals surface area (Å²) in [6, 6.07) is 0. The first-order valence-corrected chi connectivity index (χ1v) is 15.3. The predicted octanol–water partition coefficient (Wildman–Crippen LogP) is 8.35. The quantitative estimate of drug-likeness (QED) is 0.119. The van der Waals surface area contributed by atoms with Gasteiger partial charge < -0.3 is 0 Å². The number of rotatable bonds is 16. The molecule has 0 spiro atoms. The Kier molecular flexibility index (Phi) is 11.2. The zero-order chi connectivity index (χ0) is 34.4. The van der Waals surface area contributed by atoms with E-state index in [2.05, 4.69) is 3.63 Å². The van der Waals surface area contributed by atoms with Crippen LogP contribution in [0.25, 0.3) is 0 Å². The van der Waals surface area contributed by atoms with Crippen LogP contribution in [-0.2, 0) is 18.5 Å². The number of Topliss-reactive ketones (excluding diaryl/α,β-unsaturated/α-hetero) is 1. The van der Waals surface area contributed by atoms with Gasteiger partial charge in [0, 0.05) is 17.9 Å². The maximum absolute atomic E-state index is 14.5. The Morgan fingerprint density at radius 3 is 1.42 bits per heavy atom. The molecule has 4 nitrogen and oxygen atoms in total. The van der Waals surface area contributed by atoms with Crippen molar-refractivity contribution in [2.45, 2.75) is 98.8 Å². The molecule has 0 saturated carbocycles. The van der Waals surface area contributed by atoms with E-state index >= 15 is 0 Å². The summed E-state index contributed by atoms with van der Waals surface area (Å²) in [7, 11) is -11.4. The van der Waals surface area contributed by atoms with Crippen LogP contribution in [0.15, 0.2) is 0 Å². The minimum absolute atomic E-state index is 0.112. The summed E-state index contributed by atoms with van der Waals surface area (Å²) in [6.45, 7) is 1.78. The standard InChI is InChI=1S/C20H23F17O4S2/c1-2-3-4-5-8-12(38)11-42(9-6-7-10-42)41-43(39,40)20(36,37)18(31,32)16(27,28)14(23,24)13(21,22)15(25,26)17(29,30)19(33,34)35/h2-11H2,1H3. The molecule has 258 valence electrons. The number of carbonyl (C=O) groups is 1. The van der Waals surface area contributed by atoms with Crippen molar-refractivity contribution in [3.8, 4) is 0 Å². The summed E-state index contributed by atoms with van der Waals surface area (Å²) in [6.07, 6.45) is -6.51. The van der Waals surface area contributed by atoms with Crippen LogP contribution in [-0.4, -0.2) is 78.4 Å². The van der Waals surface area contributed by atoms with Crippen LogP contribution in [0.2, 0.25) is 0 Å². The highest BCUT2D eigenvalue weighted by Gasteiger charge is 2.96. The molecule has 0 N–H and O–H groups in total. The fraction of sp³-hybridized carbons (Fsp3) is 0.950. The van der Waals surface area contributed by atoms with Gasteiger partial charge in [0.05, 0.1) is 5.75 Å². The second-order valence-corrected chi connectivity index (χ2v) is 14.6. The highest BCUT2D eigenvalue weighted by Crippen LogP contribution is 2.66. The molecule has 0 bridgehead atoms. The Balaban J connectivity index is 3.54. The van der Waals surface area contributed by atoms with E-state index in [4.69, 9.17) is 0 Å². The minimum Gasteiger partial charge on any atom is -0.299 e. The van der Waals surface area contributed by atoms with E-state index in [0.29, 0.717) is 19.3 Å². The monoisotopic (exact) mass is 714 g/mol. The minimum atomic E-state index is -8.91. The Labute approximate surface area is 234 Å². The highest BCUT2D eigenvalue weighted by molar-refractivity contribution is 8.33. The van der Waals surface area contributed by atoms with Crippen LogP contribution in [0.1, 0.15) is 51.9 Å². The number of hydrogen-bond acceptors (Lipinski definition) is 4. The smallest absolute Gasteiger partial charge is 0.299 e. The van der Waals surface area contributed by atoms with E-state index in [0.717, 1.165) is 0 Å². The average Bonchev–Trinajstić information content (AvgIpc) is 3.27. The lowest BCUT2D eigenvalue weighted by molar-refractivity contribution is -0.458. The Hall–Kier alpha value is -1.26. The SMILES string of the molecule is CCCCCCC(=O)CS1(OS(=O)(=O)C(F)(F)C(F)(F)C(F)(F)C(F)(F)C(F)(F)C(F)(F)C(F)(F)C(F)(F)F)CCCC1. The predicted molar refractivity (Wildman–Crippen MR) is 116 cm³/mol. The lowest BCUT2D eigenvalue weighted by atomic mass is 9.91. The highest BCUT2D eigenvalue weighted by atomic mass is 32.3. The van der Waals surface area contributed by atoms with E-state index in [1.54, 1.807) is 6.92 Å².